The van der Waals surface area contributed by atoms with Crippen molar-refractivity contribution in [3.05, 3.63) is 77.9 Å². The van der Waals surface area contributed by atoms with Gasteiger partial charge in [-0.1, -0.05) is 24.8 Å². The third-order valence-electron chi connectivity index (χ3n) is 6.16. The number of thioether (sulfide) groups is 1. The number of halogens is 2. The molecule has 0 aliphatic carbocycles. The van der Waals surface area contributed by atoms with E-state index in [-0.39, 0.29) is 42.8 Å². The largest absolute Gasteiger partial charge is 0.507 e. The van der Waals surface area contributed by atoms with Crippen LogP contribution in [0.15, 0.2) is 65.0 Å². The van der Waals surface area contributed by atoms with Gasteiger partial charge in [-0.2, -0.15) is 0 Å². The lowest BCUT2D eigenvalue weighted by atomic mass is 10.1. The van der Waals surface area contributed by atoms with Gasteiger partial charge in [0.15, 0.2) is 11.7 Å². The van der Waals surface area contributed by atoms with Gasteiger partial charge in [-0.15, -0.1) is 11.8 Å². The minimum Gasteiger partial charge on any atom is -0.507 e. The Balaban J connectivity index is 1.93. The van der Waals surface area contributed by atoms with E-state index < -0.39 is 28.6 Å². The van der Waals surface area contributed by atoms with E-state index in [2.05, 4.69) is 16.9 Å². The van der Waals surface area contributed by atoms with Crippen LogP contribution in [0.2, 0.25) is 0 Å². The van der Waals surface area contributed by atoms with E-state index in [9.17, 15) is 19.1 Å². The first-order valence-corrected chi connectivity index (χ1v) is 14.3. The first kappa shape index (κ1) is 30.0. The number of rotatable bonds is 7. The molecule has 0 bridgehead atoms. The van der Waals surface area contributed by atoms with Crippen LogP contribution in [0.5, 0.6) is 5.75 Å². The molecule has 13 heteroatoms. The number of hydrogen-bond acceptors (Lipinski definition) is 8. The summed E-state index contributed by atoms with van der Waals surface area (Å²) in [6, 6.07) is 10.3. The summed E-state index contributed by atoms with van der Waals surface area (Å²) in [5, 5.41) is 12.7. The monoisotopic (exact) mass is 599 g/mol. The number of amides is 2. The molecule has 214 valence electrons. The van der Waals surface area contributed by atoms with E-state index in [0.717, 1.165) is 34.8 Å². The van der Waals surface area contributed by atoms with Gasteiger partial charge < -0.3 is 15.3 Å². The summed E-state index contributed by atoms with van der Waals surface area (Å²) in [6.07, 6.45) is 3.47. The lowest BCUT2D eigenvalue weighted by Crippen LogP contribution is -2.42. The molecule has 1 saturated heterocycles. The zero-order valence-electron chi connectivity index (χ0n) is 22.3. The number of amidine groups is 1. The molecule has 2 aromatic carbocycles. The number of pyridine rings is 1. The second kappa shape index (κ2) is 13.6. The maximum atomic E-state index is 15.7. The third kappa shape index (κ3) is 6.69. The number of benzene rings is 2. The highest BCUT2D eigenvalue weighted by atomic mass is 32.2. The summed E-state index contributed by atoms with van der Waals surface area (Å²) in [7, 11) is 0. The standard InChI is InChI=1S/C28H27F2N5O4S2/c1-4-23(38)34-11-12-35(41-39-14-13-34)28(33-25-17(2)7-5-10-22(25)40-3)18-15-20(30)26(32-27(18)31-16-36)24-19(29)8-6-9-21(24)37/h4-10,15-16,37H,1,11-14H2,2-3H3,(H,31,32,36)/b33-28+. The van der Waals surface area contributed by atoms with Crippen LogP contribution < -0.4 is 5.32 Å². The topological polar surface area (TPSA) is 107 Å². The van der Waals surface area contributed by atoms with Crippen molar-refractivity contribution < 1.29 is 27.7 Å². The quantitative estimate of drug-likeness (QED) is 0.0715. The van der Waals surface area contributed by atoms with Crippen LogP contribution in [0, 0.1) is 18.6 Å². The molecule has 1 fully saturated rings. The number of aromatic nitrogens is 1. The van der Waals surface area contributed by atoms with Gasteiger partial charge in [0.25, 0.3) is 0 Å². The summed E-state index contributed by atoms with van der Waals surface area (Å²) in [4.78, 5) is 35.5. The van der Waals surface area contributed by atoms with E-state index in [1.807, 2.05) is 31.4 Å². The molecule has 2 heterocycles. The van der Waals surface area contributed by atoms with E-state index in [4.69, 9.17) is 9.18 Å². The van der Waals surface area contributed by atoms with Gasteiger partial charge in [0.05, 0.1) is 30.0 Å². The average Bonchev–Trinajstić information content (AvgIpc) is 2.94. The van der Waals surface area contributed by atoms with Gasteiger partial charge in [-0.25, -0.2) is 18.8 Å². The Kier molecular flexibility index (Phi) is 9.97. The van der Waals surface area contributed by atoms with E-state index >= 15 is 4.39 Å². The number of aliphatic imine (C=N–C) groups is 1. The number of aromatic hydroxyl groups is 1. The third-order valence-corrected chi connectivity index (χ3v) is 7.74. The van der Waals surface area contributed by atoms with Gasteiger partial charge in [-0.3, -0.25) is 18.1 Å². The normalized spacial score (nSPS) is 14.3. The summed E-state index contributed by atoms with van der Waals surface area (Å²) in [6.45, 7) is 6.46. The van der Waals surface area contributed by atoms with Crippen LogP contribution in [0.3, 0.4) is 0 Å². The zero-order valence-corrected chi connectivity index (χ0v) is 23.9. The molecule has 4 rings (SSSR count). The first-order chi connectivity index (χ1) is 19.8. The van der Waals surface area contributed by atoms with E-state index in [1.54, 1.807) is 9.21 Å². The molecule has 1 aliphatic heterocycles. The average molecular weight is 600 g/mol. The Bertz CT molecular complexity index is 1480. The summed E-state index contributed by atoms with van der Waals surface area (Å²) >= 11 is 2.43. The molecule has 9 nitrogen and oxygen atoms in total. The maximum absolute atomic E-state index is 15.7. The molecule has 0 atom stereocenters. The number of aryl methyl sites for hydroxylation is 1. The van der Waals surface area contributed by atoms with Crippen molar-refractivity contribution in [3.63, 3.8) is 0 Å². The van der Waals surface area contributed by atoms with Gasteiger partial charge in [0, 0.05) is 18.0 Å². The van der Waals surface area contributed by atoms with Crippen molar-refractivity contribution in [2.45, 2.75) is 11.8 Å². The zero-order chi connectivity index (χ0) is 29.5. The molecule has 0 spiro atoms. The molecule has 0 unspecified atom stereocenters. The molecule has 2 amide bonds. The van der Waals surface area contributed by atoms with Gasteiger partial charge in [0.2, 0.25) is 12.3 Å². The molecule has 0 saturated carbocycles. The summed E-state index contributed by atoms with van der Waals surface area (Å²) in [5.74, 6) is -2.58. The van der Waals surface area contributed by atoms with Gasteiger partial charge >= 0.3 is 0 Å². The van der Waals surface area contributed by atoms with Crippen LogP contribution in [-0.4, -0.2) is 69.9 Å². The van der Waals surface area contributed by atoms with Crippen molar-refractivity contribution in [3.8, 4) is 17.0 Å². The Morgan fingerprint density at radius 3 is 2.71 bits per heavy atom. The van der Waals surface area contributed by atoms with Crippen molar-refractivity contribution in [2.75, 3.05) is 37.8 Å². The highest BCUT2D eigenvalue weighted by Gasteiger charge is 2.27. The first-order valence-electron chi connectivity index (χ1n) is 12.4. The Labute approximate surface area is 244 Å². The molecule has 2 N–H and O–H groups in total. The number of phenols is 1. The maximum Gasteiger partial charge on any atom is 0.246 e. The Morgan fingerprint density at radius 2 is 2.00 bits per heavy atom. The number of para-hydroxylation sites is 1. The molecule has 1 aliphatic rings. The smallest absolute Gasteiger partial charge is 0.246 e. The molecule has 0 radical (unpaired) electrons. The number of carbonyl (C=O) groups is 2. The second-order valence-corrected chi connectivity index (χ2v) is 10.4. The lowest BCUT2D eigenvalue weighted by molar-refractivity contribution is -0.126. The van der Waals surface area contributed by atoms with Crippen molar-refractivity contribution in [1.29, 1.82) is 0 Å². The number of nitrogens with one attached hydrogen (secondary N) is 1. The highest BCUT2D eigenvalue weighted by molar-refractivity contribution is 7.98. The molecular weight excluding hydrogens is 572 g/mol. The number of anilines is 1. The summed E-state index contributed by atoms with van der Waals surface area (Å²) < 4.78 is 37.8. The summed E-state index contributed by atoms with van der Waals surface area (Å²) in [5.41, 5.74) is 0.568. The van der Waals surface area contributed by atoms with Crippen LogP contribution in [-0.2, 0) is 13.8 Å². The van der Waals surface area contributed by atoms with Gasteiger partial charge in [-0.05, 0) is 49.1 Å². The fourth-order valence-electron chi connectivity index (χ4n) is 4.14. The Morgan fingerprint density at radius 1 is 1.22 bits per heavy atom. The minimum absolute atomic E-state index is 0.0720. The van der Waals surface area contributed by atoms with Crippen LogP contribution >= 0.6 is 24.0 Å². The van der Waals surface area contributed by atoms with Crippen LogP contribution in [0.4, 0.5) is 20.3 Å². The number of hydrogen-bond donors (Lipinski definition) is 2. The van der Waals surface area contributed by atoms with Gasteiger partial charge in [0.1, 0.15) is 35.3 Å². The number of carbonyl (C=O) groups excluding carboxylic acids is 2. The van der Waals surface area contributed by atoms with Crippen molar-refractivity contribution in [1.82, 2.24) is 14.2 Å². The highest BCUT2D eigenvalue weighted by Crippen LogP contribution is 2.37. The number of nitrogens with zero attached hydrogens (tertiary/aromatic N) is 4. The van der Waals surface area contributed by atoms with E-state index in [1.165, 1.54) is 30.0 Å². The molecular formula is C28H27F2N5O4S2. The van der Waals surface area contributed by atoms with E-state index in [0.29, 0.717) is 18.6 Å². The molecule has 1 aromatic heterocycles. The van der Waals surface area contributed by atoms with Crippen molar-refractivity contribution >= 4 is 53.6 Å². The SMILES string of the molecule is C=CC(=O)N1CCOSN(/C(=N/c2c(C)cccc2SC)c2cc(F)c(-c3c(O)cccc3F)nc2NC=O)CC1. The predicted octanol–water partition coefficient (Wildman–Crippen LogP) is 5.32. The van der Waals surface area contributed by atoms with Crippen LogP contribution in [0.25, 0.3) is 11.3 Å². The second-order valence-electron chi connectivity index (χ2n) is 8.70. The van der Waals surface area contributed by atoms with Crippen molar-refractivity contribution in [2.24, 2.45) is 4.99 Å². The molecule has 3 aromatic rings. The fraction of sp³-hybridized carbons (Fsp3) is 0.214. The fourth-order valence-corrected chi connectivity index (χ4v) is 5.40. The predicted molar refractivity (Wildman–Crippen MR) is 157 cm³/mol. The minimum atomic E-state index is -0.958. The van der Waals surface area contributed by atoms with Crippen LogP contribution in [0.1, 0.15) is 11.1 Å². The molecule has 41 heavy (non-hydrogen) atoms. The number of phenolic OH excluding ortho intramolecular Hbond substituents is 1. The lowest BCUT2D eigenvalue weighted by Gasteiger charge is -2.31. The Hall–Kier alpha value is -3.94.